The van der Waals surface area contributed by atoms with Gasteiger partial charge in [0.2, 0.25) is 11.8 Å². The summed E-state index contributed by atoms with van der Waals surface area (Å²) < 4.78 is 0. The van der Waals surface area contributed by atoms with E-state index >= 15 is 0 Å². The summed E-state index contributed by atoms with van der Waals surface area (Å²) in [5.74, 6) is 0.457. The lowest BCUT2D eigenvalue weighted by Gasteiger charge is -2.37. The minimum atomic E-state index is -0.363. The molecular formula is C49H97N3O2. The molecule has 0 saturated heterocycles. The van der Waals surface area contributed by atoms with Gasteiger partial charge in [0.1, 0.15) is 6.04 Å². The first-order chi connectivity index (χ1) is 26.4. The van der Waals surface area contributed by atoms with E-state index in [1.807, 2.05) is 4.90 Å². The highest BCUT2D eigenvalue weighted by molar-refractivity contribution is 5.88. The molecule has 0 heterocycles. The lowest BCUT2D eigenvalue weighted by atomic mass is 9.89. The van der Waals surface area contributed by atoms with Crippen molar-refractivity contribution in [1.82, 2.24) is 15.1 Å². The van der Waals surface area contributed by atoms with Gasteiger partial charge in [-0.15, -0.1) is 0 Å². The highest BCUT2D eigenvalue weighted by Crippen LogP contribution is 2.24. The van der Waals surface area contributed by atoms with Crippen molar-refractivity contribution in [2.45, 2.75) is 252 Å². The van der Waals surface area contributed by atoms with Gasteiger partial charge in [-0.05, 0) is 65.0 Å². The quantitative estimate of drug-likeness (QED) is 0.0498. The van der Waals surface area contributed by atoms with Gasteiger partial charge in [-0.2, -0.15) is 0 Å². The predicted octanol–water partition coefficient (Wildman–Crippen LogP) is 14.4. The van der Waals surface area contributed by atoms with E-state index < -0.39 is 0 Å². The van der Waals surface area contributed by atoms with Gasteiger partial charge in [-0.25, -0.2) is 0 Å². The van der Waals surface area contributed by atoms with E-state index in [0.717, 1.165) is 58.0 Å². The van der Waals surface area contributed by atoms with Crippen molar-refractivity contribution in [3.05, 3.63) is 12.2 Å². The summed E-state index contributed by atoms with van der Waals surface area (Å²) in [6, 6.07) is -0.363. The van der Waals surface area contributed by atoms with Gasteiger partial charge in [0.15, 0.2) is 0 Å². The second kappa shape index (κ2) is 41.3. The van der Waals surface area contributed by atoms with Crippen molar-refractivity contribution >= 4 is 11.8 Å². The molecule has 0 fully saturated rings. The molecule has 0 aromatic heterocycles. The lowest BCUT2D eigenvalue weighted by Crippen LogP contribution is -2.55. The monoisotopic (exact) mass is 760 g/mol. The summed E-state index contributed by atoms with van der Waals surface area (Å²) in [5.41, 5.74) is 0. The number of nitrogens with one attached hydrogen (secondary N) is 1. The smallest absolute Gasteiger partial charge is 0.243 e. The van der Waals surface area contributed by atoms with Crippen molar-refractivity contribution in [2.75, 3.05) is 33.7 Å². The molecule has 0 rings (SSSR count). The van der Waals surface area contributed by atoms with Crippen LogP contribution >= 0.6 is 0 Å². The molecule has 2 unspecified atom stereocenters. The Morgan fingerprint density at radius 3 is 1.33 bits per heavy atom. The fourth-order valence-corrected chi connectivity index (χ4v) is 7.87. The summed E-state index contributed by atoms with van der Waals surface area (Å²) in [4.78, 5) is 32.0. The standard InChI is InChI=1S/C49H97N3O2/c1-7-11-14-16-18-20-22-24-26-28-30-32-34-36-38-40-43-50-49(54)48(46(10-4)41-13-9-3)52(45-44-51(5)6)47(53)42-39-37-35-33-31-29-27-25-23-21-19-17-15-12-8-2/h25,27,46,48H,7-24,26,28-45H2,1-6H3,(H,50,54)/b27-25-. The number of carbonyl (C=O) groups is 2. The van der Waals surface area contributed by atoms with E-state index in [0.29, 0.717) is 13.0 Å². The normalized spacial score (nSPS) is 12.9. The van der Waals surface area contributed by atoms with Crippen molar-refractivity contribution in [2.24, 2.45) is 5.92 Å². The topological polar surface area (TPSA) is 52.7 Å². The van der Waals surface area contributed by atoms with Crippen LogP contribution in [-0.2, 0) is 9.59 Å². The second-order valence-electron chi connectivity index (χ2n) is 17.1. The van der Waals surface area contributed by atoms with Crippen LogP contribution in [0.4, 0.5) is 0 Å². The molecule has 0 bridgehead atoms. The summed E-state index contributed by atoms with van der Waals surface area (Å²) in [6.07, 6.45) is 47.4. The molecule has 2 amide bonds. The minimum absolute atomic E-state index is 0.0792. The maximum absolute atomic E-state index is 13.9. The van der Waals surface area contributed by atoms with Gasteiger partial charge in [-0.1, -0.05) is 207 Å². The van der Waals surface area contributed by atoms with Gasteiger partial charge in [0.05, 0.1) is 0 Å². The van der Waals surface area contributed by atoms with E-state index in [1.165, 1.54) is 167 Å². The van der Waals surface area contributed by atoms with Gasteiger partial charge in [0, 0.05) is 26.1 Å². The first kappa shape index (κ1) is 52.6. The number of likely N-dealkylation sites (N-methyl/N-ethyl adjacent to an activating group) is 1. The Labute approximate surface area is 339 Å². The van der Waals surface area contributed by atoms with Crippen LogP contribution in [0.15, 0.2) is 12.2 Å². The summed E-state index contributed by atoms with van der Waals surface area (Å²) >= 11 is 0. The zero-order valence-corrected chi connectivity index (χ0v) is 37.7. The number of allylic oxidation sites excluding steroid dienone is 2. The van der Waals surface area contributed by atoms with Crippen LogP contribution < -0.4 is 5.32 Å². The Morgan fingerprint density at radius 2 is 0.907 bits per heavy atom. The number of carbonyl (C=O) groups excluding carboxylic acids is 2. The molecule has 0 saturated carbocycles. The Bertz CT molecular complexity index is 828. The number of nitrogens with zero attached hydrogens (tertiary/aromatic N) is 2. The Balaban J connectivity index is 4.62. The molecule has 0 aliphatic carbocycles. The fourth-order valence-electron chi connectivity index (χ4n) is 7.87. The Morgan fingerprint density at radius 1 is 0.500 bits per heavy atom. The average Bonchev–Trinajstić information content (AvgIpc) is 3.16. The van der Waals surface area contributed by atoms with Gasteiger partial charge in [-0.3, -0.25) is 9.59 Å². The molecule has 0 aromatic carbocycles. The summed E-state index contributed by atoms with van der Waals surface area (Å²) in [5, 5.41) is 3.32. The van der Waals surface area contributed by atoms with Crippen LogP contribution in [0.3, 0.4) is 0 Å². The van der Waals surface area contributed by atoms with Gasteiger partial charge < -0.3 is 15.1 Å². The van der Waals surface area contributed by atoms with Crippen molar-refractivity contribution in [3.8, 4) is 0 Å². The number of hydrogen-bond acceptors (Lipinski definition) is 3. The first-order valence-corrected chi connectivity index (χ1v) is 24.3. The number of rotatable bonds is 42. The van der Waals surface area contributed by atoms with Crippen LogP contribution in [0.1, 0.15) is 246 Å². The SMILES string of the molecule is CCCCCCCC/C=C\CCCCCCCC(=O)N(CCN(C)C)C(C(=O)NCCCCCCCCCCCCCCCCCC)C(CC)CCCC. The van der Waals surface area contributed by atoms with Crippen LogP contribution in [0.2, 0.25) is 0 Å². The van der Waals surface area contributed by atoms with E-state index in [4.69, 9.17) is 0 Å². The number of unbranched alkanes of at least 4 members (excludes halogenated alkanes) is 27. The Kier molecular flexibility index (Phi) is 40.2. The van der Waals surface area contributed by atoms with Crippen LogP contribution in [0, 0.1) is 5.92 Å². The van der Waals surface area contributed by atoms with Gasteiger partial charge in [0.25, 0.3) is 0 Å². The third-order valence-corrected chi connectivity index (χ3v) is 11.6. The minimum Gasteiger partial charge on any atom is -0.354 e. The fraction of sp³-hybridized carbons (Fsp3) is 0.918. The molecule has 1 N–H and O–H groups in total. The van der Waals surface area contributed by atoms with E-state index in [-0.39, 0.29) is 23.8 Å². The molecule has 5 heteroatoms. The molecule has 0 aliphatic heterocycles. The molecule has 5 nitrogen and oxygen atoms in total. The maximum Gasteiger partial charge on any atom is 0.243 e. The Hall–Kier alpha value is -1.36. The zero-order valence-electron chi connectivity index (χ0n) is 37.7. The zero-order chi connectivity index (χ0) is 39.7. The third kappa shape index (κ3) is 32.8. The van der Waals surface area contributed by atoms with E-state index in [9.17, 15) is 9.59 Å². The summed E-state index contributed by atoms with van der Waals surface area (Å²) in [6.45, 7) is 11.1. The van der Waals surface area contributed by atoms with E-state index in [2.05, 4.69) is 64.2 Å². The predicted molar refractivity (Wildman–Crippen MR) is 239 cm³/mol. The summed E-state index contributed by atoms with van der Waals surface area (Å²) in [7, 11) is 4.13. The largest absolute Gasteiger partial charge is 0.354 e. The van der Waals surface area contributed by atoms with Crippen molar-refractivity contribution in [3.63, 3.8) is 0 Å². The molecule has 2 atom stereocenters. The third-order valence-electron chi connectivity index (χ3n) is 11.6. The van der Waals surface area contributed by atoms with Crippen LogP contribution in [0.5, 0.6) is 0 Å². The van der Waals surface area contributed by atoms with Gasteiger partial charge >= 0.3 is 0 Å². The molecule has 320 valence electrons. The average molecular weight is 760 g/mol. The lowest BCUT2D eigenvalue weighted by molar-refractivity contribution is -0.143. The maximum atomic E-state index is 13.9. The van der Waals surface area contributed by atoms with Crippen LogP contribution in [-0.4, -0.2) is 61.4 Å². The highest BCUT2D eigenvalue weighted by Gasteiger charge is 2.35. The molecule has 0 spiro atoms. The molecule has 54 heavy (non-hydrogen) atoms. The van der Waals surface area contributed by atoms with Crippen LogP contribution in [0.25, 0.3) is 0 Å². The molecule has 0 radical (unpaired) electrons. The molecule has 0 aromatic rings. The molecular weight excluding hydrogens is 663 g/mol. The highest BCUT2D eigenvalue weighted by atomic mass is 16.2. The number of hydrogen-bond donors (Lipinski definition) is 1. The first-order valence-electron chi connectivity index (χ1n) is 24.3. The second-order valence-corrected chi connectivity index (χ2v) is 17.1. The number of amides is 2. The van der Waals surface area contributed by atoms with Crippen molar-refractivity contribution < 1.29 is 9.59 Å². The van der Waals surface area contributed by atoms with E-state index in [1.54, 1.807) is 0 Å². The molecule has 0 aliphatic rings. The van der Waals surface area contributed by atoms with Crippen molar-refractivity contribution in [1.29, 1.82) is 0 Å².